The van der Waals surface area contributed by atoms with Gasteiger partial charge in [-0.1, -0.05) is 0 Å². The summed E-state index contributed by atoms with van der Waals surface area (Å²) in [7, 11) is 0. The minimum Gasteiger partial charge on any atom is -0.481 e. The number of aliphatic hydroxyl groups excluding tert-OH is 3. The third-order valence-corrected chi connectivity index (χ3v) is 3.78. The highest BCUT2D eigenvalue weighted by molar-refractivity contribution is 5.75. The molecule has 0 saturated carbocycles. The molecule has 0 aliphatic carbocycles. The number of unbranched alkanes of at least 4 members (excludes halogenated alkanes) is 4. The van der Waals surface area contributed by atoms with Crippen LogP contribution >= 0.6 is 0 Å². The van der Waals surface area contributed by atoms with Crippen molar-refractivity contribution in [2.24, 2.45) is 0 Å². The van der Waals surface area contributed by atoms with E-state index in [4.69, 9.17) is 39.7 Å². The van der Waals surface area contributed by atoms with E-state index >= 15 is 0 Å². The fourth-order valence-corrected chi connectivity index (χ4v) is 1.99. The van der Waals surface area contributed by atoms with E-state index in [2.05, 4.69) is 0 Å². The molecule has 0 heterocycles. The van der Waals surface area contributed by atoms with E-state index in [0.29, 0.717) is 6.10 Å². The second-order valence-electron chi connectivity index (χ2n) is 7.43. The number of carboxylic acids is 2. The molecular weight excluding hydrogens is 436 g/mol. The Kier molecular flexibility index (Phi) is 36.1. The van der Waals surface area contributed by atoms with Gasteiger partial charge in [0.2, 0.25) is 0 Å². The molecule has 0 aromatic heterocycles. The van der Waals surface area contributed by atoms with Gasteiger partial charge in [0.25, 0.3) is 0 Å². The molecule has 200 valence electrons. The third-order valence-electron chi connectivity index (χ3n) is 3.78. The topological polar surface area (TPSA) is 163 Å². The van der Waals surface area contributed by atoms with Gasteiger partial charge in [-0.2, -0.15) is 0 Å². The van der Waals surface area contributed by atoms with Crippen molar-refractivity contribution in [3.8, 4) is 0 Å². The Balaban J connectivity index is -0.000000426. The predicted molar refractivity (Wildman–Crippen MR) is 125 cm³/mol. The van der Waals surface area contributed by atoms with E-state index in [1.807, 2.05) is 13.8 Å². The van der Waals surface area contributed by atoms with E-state index < -0.39 is 11.9 Å². The van der Waals surface area contributed by atoms with Gasteiger partial charge in [0.15, 0.2) is 0 Å². The average molecular weight is 485 g/mol. The molecule has 0 saturated heterocycles. The fourth-order valence-electron chi connectivity index (χ4n) is 1.99. The number of hydrogen-bond donors (Lipinski definition) is 5. The molecule has 0 unspecified atom stereocenters. The number of rotatable bonds is 21. The summed E-state index contributed by atoms with van der Waals surface area (Å²) >= 11 is 0. The van der Waals surface area contributed by atoms with Crippen LogP contribution in [0.3, 0.4) is 0 Å². The molecule has 0 rings (SSSR count). The number of carbonyl (C=O) groups is 2. The van der Waals surface area contributed by atoms with Crippen LogP contribution in [-0.2, 0) is 23.8 Å². The monoisotopic (exact) mass is 484 g/mol. The molecule has 0 aliphatic heterocycles. The van der Waals surface area contributed by atoms with Gasteiger partial charge in [0.05, 0.1) is 18.9 Å². The molecule has 5 N–H and O–H groups in total. The van der Waals surface area contributed by atoms with Crippen molar-refractivity contribution in [3.05, 3.63) is 0 Å². The smallest absolute Gasteiger partial charge is 0.303 e. The zero-order valence-electron chi connectivity index (χ0n) is 20.6. The molecule has 10 nitrogen and oxygen atoms in total. The third kappa shape index (κ3) is 49.1. The lowest BCUT2D eigenvalue weighted by Crippen LogP contribution is -2.05. The Labute approximate surface area is 198 Å². The highest BCUT2D eigenvalue weighted by Crippen LogP contribution is 1.96. The number of aliphatic hydroxyl groups is 3. The first kappa shape index (κ1) is 36.3. The Morgan fingerprint density at radius 1 is 0.576 bits per heavy atom. The lowest BCUT2D eigenvalue weighted by molar-refractivity contribution is -0.143. The molecule has 0 spiro atoms. The Bertz CT molecular complexity index is 369. The van der Waals surface area contributed by atoms with Crippen LogP contribution in [0.4, 0.5) is 0 Å². The molecule has 0 aromatic rings. The first-order valence-electron chi connectivity index (χ1n) is 11.8. The van der Waals surface area contributed by atoms with Gasteiger partial charge in [-0.15, -0.1) is 0 Å². The summed E-state index contributed by atoms with van der Waals surface area (Å²) in [5.41, 5.74) is 0. The van der Waals surface area contributed by atoms with Crippen molar-refractivity contribution in [1.29, 1.82) is 0 Å². The van der Waals surface area contributed by atoms with Crippen LogP contribution in [0.5, 0.6) is 0 Å². The zero-order valence-corrected chi connectivity index (χ0v) is 20.6. The van der Waals surface area contributed by atoms with Crippen LogP contribution in [0.2, 0.25) is 0 Å². The molecule has 0 aromatic carbocycles. The van der Waals surface area contributed by atoms with E-state index in [1.165, 1.54) is 0 Å². The number of carboxylic acid groups (broad SMARTS) is 2. The number of ether oxygens (including phenoxy) is 3. The summed E-state index contributed by atoms with van der Waals surface area (Å²) in [6, 6.07) is 0. The lowest BCUT2D eigenvalue weighted by Gasteiger charge is -2.07. The summed E-state index contributed by atoms with van der Waals surface area (Å²) in [6.07, 6.45) is 7.16. The van der Waals surface area contributed by atoms with Crippen molar-refractivity contribution in [2.45, 2.75) is 84.2 Å². The number of aliphatic carboxylic acids is 2. The van der Waals surface area contributed by atoms with Gasteiger partial charge in [-0.05, 0) is 65.2 Å². The first-order chi connectivity index (χ1) is 15.8. The fraction of sp³-hybridized carbons (Fsp3) is 0.913. The van der Waals surface area contributed by atoms with Gasteiger partial charge in [0, 0.05) is 52.9 Å². The Morgan fingerprint density at radius 3 is 1.15 bits per heavy atom. The molecular formula is C23H48O10. The standard InChI is InChI=1S/C11H24O3.C8H18O3.C4H6O4/c1-11(2)14-10-6-5-9-13-8-4-3-7-12;9-5-1-3-7-11-8-4-2-6-10;5-3(6)1-2-4(7)8/h11-12H,3-10H2,1-2H3;9-10H,1-8H2;1-2H2,(H,5,6)(H,7,8). The van der Waals surface area contributed by atoms with Crippen LogP contribution < -0.4 is 0 Å². The van der Waals surface area contributed by atoms with Crippen LogP contribution in [0, 0.1) is 0 Å². The van der Waals surface area contributed by atoms with Gasteiger partial charge < -0.3 is 39.7 Å². The van der Waals surface area contributed by atoms with Gasteiger partial charge >= 0.3 is 11.9 Å². The molecule has 0 fully saturated rings. The summed E-state index contributed by atoms with van der Waals surface area (Å²) in [4.78, 5) is 19.3. The maximum Gasteiger partial charge on any atom is 0.303 e. The Morgan fingerprint density at radius 2 is 0.879 bits per heavy atom. The van der Waals surface area contributed by atoms with Crippen molar-refractivity contribution < 1.29 is 49.3 Å². The average Bonchev–Trinajstić information content (AvgIpc) is 2.77. The molecule has 0 atom stereocenters. The van der Waals surface area contributed by atoms with E-state index in [0.717, 1.165) is 84.4 Å². The highest BCUT2D eigenvalue weighted by atomic mass is 16.5. The lowest BCUT2D eigenvalue weighted by atomic mass is 10.3. The molecule has 0 amide bonds. The van der Waals surface area contributed by atoms with Crippen LogP contribution in [0.15, 0.2) is 0 Å². The SMILES string of the molecule is CC(C)OCCCCOCCCCO.O=C(O)CCC(=O)O.OCCCCOCCCCO. The predicted octanol–water partition coefficient (Wildman–Crippen LogP) is 2.46. The summed E-state index contributed by atoms with van der Waals surface area (Å²) < 4.78 is 16.0. The molecule has 0 radical (unpaired) electrons. The van der Waals surface area contributed by atoms with Gasteiger partial charge in [-0.25, -0.2) is 0 Å². The largest absolute Gasteiger partial charge is 0.481 e. The molecule has 0 bridgehead atoms. The van der Waals surface area contributed by atoms with Crippen LogP contribution in [-0.4, -0.2) is 96.4 Å². The normalized spacial score (nSPS) is 10.2. The van der Waals surface area contributed by atoms with E-state index in [1.54, 1.807) is 0 Å². The minimum atomic E-state index is -1.08. The van der Waals surface area contributed by atoms with E-state index in [-0.39, 0.29) is 32.7 Å². The summed E-state index contributed by atoms with van der Waals surface area (Å²) in [5, 5.41) is 41.2. The quantitative estimate of drug-likeness (QED) is 0.153. The summed E-state index contributed by atoms with van der Waals surface area (Å²) in [5.74, 6) is -2.15. The molecule has 0 aliphatic rings. The van der Waals surface area contributed by atoms with Crippen LogP contribution in [0.25, 0.3) is 0 Å². The van der Waals surface area contributed by atoms with Crippen molar-refractivity contribution >= 4 is 11.9 Å². The van der Waals surface area contributed by atoms with Crippen molar-refractivity contribution in [1.82, 2.24) is 0 Å². The van der Waals surface area contributed by atoms with Crippen molar-refractivity contribution in [3.63, 3.8) is 0 Å². The molecule has 33 heavy (non-hydrogen) atoms. The minimum absolute atomic E-state index is 0.250. The maximum atomic E-state index is 9.64. The number of hydrogen-bond acceptors (Lipinski definition) is 8. The molecule has 10 heteroatoms. The summed E-state index contributed by atoms with van der Waals surface area (Å²) in [6.45, 7) is 8.73. The van der Waals surface area contributed by atoms with Crippen molar-refractivity contribution in [2.75, 3.05) is 52.9 Å². The second-order valence-corrected chi connectivity index (χ2v) is 7.43. The zero-order chi connectivity index (χ0) is 25.6. The van der Waals surface area contributed by atoms with Gasteiger partial charge in [0.1, 0.15) is 0 Å². The second kappa shape index (κ2) is 32.9. The van der Waals surface area contributed by atoms with Crippen LogP contribution in [0.1, 0.15) is 78.1 Å². The highest BCUT2D eigenvalue weighted by Gasteiger charge is 2.00. The van der Waals surface area contributed by atoms with Gasteiger partial charge in [-0.3, -0.25) is 9.59 Å². The van der Waals surface area contributed by atoms with E-state index in [9.17, 15) is 9.59 Å². The maximum absolute atomic E-state index is 9.64. The Hall–Kier alpha value is -1.30. The first-order valence-corrected chi connectivity index (χ1v) is 11.8.